The first kappa shape index (κ1) is 10.4. The van der Waals surface area contributed by atoms with Gasteiger partial charge in [0.25, 0.3) is 0 Å². The maximum Gasteiger partial charge on any atom is 0.0621 e. The molecule has 0 bridgehead atoms. The lowest BCUT2D eigenvalue weighted by Gasteiger charge is -2.54. The molecular formula is C11H22N2O. The van der Waals surface area contributed by atoms with Crippen molar-refractivity contribution in [3.05, 3.63) is 0 Å². The molecule has 2 saturated heterocycles. The number of nitrogens with two attached hydrogens (primary N) is 1. The van der Waals surface area contributed by atoms with Crippen LogP contribution in [0.5, 0.6) is 0 Å². The van der Waals surface area contributed by atoms with E-state index in [9.17, 15) is 0 Å². The van der Waals surface area contributed by atoms with E-state index in [0.29, 0.717) is 12.0 Å². The third-order valence-electron chi connectivity index (χ3n) is 3.80. The number of hydrogen-bond donors (Lipinski definition) is 1. The maximum absolute atomic E-state index is 6.26. The molecule has 2 N–H and O–H groups in total. The molecule has 0 radical (unpaired) electrons. The summed E-state index contributed by atoms with van der Waals surface area (Å²) in [6.45, 7) is 8.40. The predicted molar refractivity (Wildman–Crippen MR) is 57.2 cm³/mol. The average molecular weight is 198 g/mol. The van der Waals surface area contributed by atoms with Crippen molar-refractivity contribution >= 4 is 0 Å². The van der Waals surface area contributed by atoms with Gasteiger partial charge in [-0.1, -0.05) is 13.8 Å². The maximum atomic E-state index is 6.26. The van der Waals surface area contributed by atoms with Crippen molar-refractivity contribution in [2.24, 2.45) is 11.7 Å². The van der Waals surface area contributed by atoms with Crippen molar-refractivity contribution in [3.8, 4) is 0 Å². The lowest BCUT2D eigenvalue weighted by Crippen LogP contribution is -2.72. The molecule has 0 aliphatic carbocycles. The topological polar surface area (TPSA) is 38.5 Å². The zero-order valence-corrected chi connectivity index (χ0v) is 9.33. The summed E-state index contributed by atoms with van der Waals surface area (Å²) in [5.41, 5.74) is 6.33. The molecule has 1 atom stereocenters. The van der Waals surface area contributed by atoms with Gasteiger partial charge < -0.3 is 10.5 Å². The first-order valence-electron chi connectivity index (χ1n) is 5.72. The summed E-state index contributed by atoms with van der Waals surface area (Å²) >= 11 is 0. The van der Waals surface area contributed by atoms with E-state index in [0.717, 1.165) is 26.3 Å². The molecule has 1 unspecified atom stereocenters. The van der Waals surface area contributed by atoms with Gasteiger partial charge in [-0.15, -0.1) is 0 Å². The van der Waals surface area contributed by atoms with Crippen LogP contribution in [-0.2, 0) is 4.74 Å². The Morgan fingerprint density at radius 2 is 2.14 bits per heavy atom. The number of likely N-dealkylation sites (tertiary alicyclic amines) is 1. The van der Waals surface area contributed by atoms with E-state index in [1.165, 1.54) is 12.8 Å². The molecule has 3 nitrogen and oxygen atoms in total. The van der Waals surface area contributed by atoms with Gasteiger partial charge in [0.15, 0.2) is 0 Å². The van der Waals surface area contributed by atoms with Crippen molar-refractivity contribution in [1.82, 2.24) is 4.90 Å². The summed E-state index contributed by atoms with van der Waals surface area (Å²) in [5.74, 6) is 0.586. The van der Waals surface area contributed by atoms with E-state index in [1.807, 2.05) is 0 Å². The minimum atomic E-state index is 0.0669. The van der Waals surface area contributed by atoms with Crippen LogP contribution in [0.2, 0.25) is 0 Å². The lowest BCUT2D eigenvalue weighted by molar-refractivity contribution is -0.0532. The molecule has 0 amide bonds. The van der Waals surface area contributed by atoms with Crippen molar-refractivity contribution in [2.75, 3.05) is 26.3 Å². The van der Waals surface area contributed by atoms with Crippen LogP contribution in [0.4, 0.5) is 0 Å². The predicted octanol–water partition coefficient (Wildman–Crippen LogP) is 0.834. The Kier molecular flexibility index (Phi) is 2.82. The highest BCUT2D eigenvalue weighted by Gasteiger charge is 2.44. The van der Waals surface area contributed by atoms with Crippen molar-refractivity contribution in [1.29, 1.82) is 0 Å². The zero-order valence-electron chi connectivity index (χ0n) is 9.33. The van der Waals surface area contributed by atoms with Gasteiger partial charge in [0.2, 0.25) is 0 Å². The van der Waals surface area contributed by atoms with Gasteiger partial charge in [-0.05, 0) is 18.8 Å². The highest BCUT2D eigenvalue weighted by Crippen LogP contribution is 2.29. The van der Waals surface area contributed by atoms with Crippen LogP contribution in [0.15, 0.2) is 0 Å². The van der Waals surface area contributed by atoms with Gasteiger partial charge >= 0.3 is 0 Å². The summed E-state index contributed by atoms with van der Waals surface area (Å²) in [6, 6.07) is 0.638. The zero-order chi connectivity index (χ0) is 10.2. The van der Waals surface area contributed by atoms with Gasteiger partial charge in [0.05, 0.1) is 6.61 Å². The molecule has 0 spiro atoms. The molecule has 0 aromatic rings. The number of rotatable bonds is 2. The lowest BCUT2D eigenvalue weighted by atomic mass is 9.79. The van der Waals surface area contributed by atoms with Crippen molar-refractivity contribution in [2.45, 2.75) is 38.3 Å². The standard InChI is InChI=1S/C11H22N2O/c1-9(2)11(12)7-13(8-11)10-4-3-5-14-6-10/h9-10H,3-8,12H2,1-2H3. The molecule has 82 valence electrons. The fourth-order valence-corrected chi connectivity index (χ4v) is 2.34. The summed E-state index contributed by atoms with van der Waals surface area (Å²) in [6.07, 6.45) is 2.49. The van der Waals surface area contributed by atoms with Crippen LogP contribution < -0.4 is 5.73 Å². The Morgan fingerprint density at radius 3 is 2.64 bits per heavy atom. The van der Waals surface area contributed by atoms with E-state index in [2.05, 4.69) is 18.7 Å². The molecular weight excluding hydrogens is 176 g/mol. The highest BCUT2D eigenvalue weighted by atomic mass is 16.5. The molecule has 0 saturated carbocycles. The largest absolute Gasteiger partial charge is 0.380 e. The van der Waals surface area contributed by atoms with Gasteiger partial charge in [-0.3, -0.25) is 4.90 Å². The van der Waals surface area contributed by atoms with Gasteiger partial charge in [-0.2, -0.15) is 0 Å². The third-order valence-corrected chi connectivity index (χ3v) is 3.80. The molecule has 2 heterocycles. The van der Waals surface area contributed by atoms with Gasteiger partial charge in [-0.25, -0.2) is 0 Å². The Labute approximate surface area is 86.6 Å². The fourth-order valence-electron chi connectivity index (χ4n) is 2.34. The first-order chi connectivity index (χ1) is 6.62. The second-order valence-electron chi connectivity index (χ2n) is 5.16. The number of ether oxygens (including phenoxy) is 1. The third kappa shape index (κ3) is 1.81. The molecule has 3 heteroatoms. The molecule has 14 heavy (non-hydrogen) atoms. The highest BCUT2D eigenvalue weighted by molar-refractivity contribution is 5.04. The molecule has 0 aromatic carbocycles. The van der Waals surface area contributed by atoms with Crippen LogP contribution in [0.1, 0.15) is 26.7 Å². The molecule has 2 fully saturated rings. The number of hydrogen-bond acceptors (Lipinski definition) is 3. The van der Waals surface area contributed by atoms with Gasteiger partial charge in [0.1, 0.15) is 0 Å². The summed E-state index contributed by atoms with van der Waals surface area (Å²) in [7, 11) is 0. The smallest absolute Gasteiger partial charge is 0.0621 e. The normalized spacial score (nSPS) is 33.0. The summed E-state index contributed by atoms with van der Waals surface area (Å²) in [4.78, 5) is 2.49. The Hall–Kier alpha value is -0.120. The van der Waals surface area contributed by atoms with Crippen LogP contribution in [0.25, 0.3) is 0 Å². The fraction of sp³-hybridized carbons (Fsp3) is 1.00. The van der Waals surface area contributed by atoms with Crippen LogP contribution in [0.3, 0.4) is 0 Å². The van der Waals surface area contributed by atoms with Crippen LogP contribution in [-0.4, -0.2) is 42.8 Å². The average Bonchev–Trinajstić information content (AvgIpc) is 2.14. The SMILES string of the molecule is CC(C)C1(N)CN(C2CCCOC2)C1. The van der Waals surface area contributed by atoms with Gasteiger partial charge in [0, 0.05) is 31.3 Å². The van der Waals surface area contributed by atoms with Crippen LogP contribution >= 0.6 is 0 Å². The summed E-state index contributed by atoms with van der Waals surface area (Å²) in [5, 5.41) is 0. The Bertz CT molecular complexity index is 193. The second-order valence-corrected chi connectivity index (χ2v) is 5.16. The van der Waals surface area contributed by atoms with Crippen LogP contribution in [0, 0.1) is 5.92 Å². The first-order valence-corrected chi connectivity index (χ1v) is 5.72. The van der Waals surface area contributed by atoms with E-state index in [4.69, 9.17) is 10.5 Å². The quantitative estimate of drug-likeness (QED) is 0.714. The minimum Gasteiger partial charge on any atom is -0.380 e. The number of nitrogens with zero attached hydrogens (tertiary/aromatic N) is 1. The molecule has 2 aliphatic heterocycles. The van der Waals surface area contributed by atoms with E-state index in [1.54, 1.807) is 0 Å². The monoisotopic (exact) mass is 198 g/mol. The van der Waals surface area contributed by atoms with E-state index in [-0.39, 0.29) is 5.54 Å². The van der Waals surface area contributed by atoms with E-state index < -0.39 is 0 Å². The molecule has 2 aliphatic rings. The van der Waals surface area contributed by atoms with Crippen molar-refractivity contribution in [3.63, 3.8) is 0 Å². The Morgan fingerprint density at radius 1 is 1.43 bits per heavy atom. The van der Waals surface area contributed by atoms with E-state index >= 15 is 0 Å². The molecule has 0 aromatic heterocycles. The minimum absolute atomic E-state index is 0.0669. The Balaban J connectivity index is 1.81. The van der Waals surface area contributed by atoms with Crippen molar-refractivity contribution < 1.29 is 4.74 Å². The summed E-state index contributed by atoms with van der Waals surface area (Å²) < 4.78 is 5.49. The molecule has 2 rings (SSSR count). The second kappa shape index (κ2) is 3.80.